The first-order valence-corrected chi connectivity index (χ1v) is 9.43. The maximum Gasteiger partial charge on any atom is 0.223 e. The minimum Gasteiger partial charge on any atom is -0.351 e. The molecule has 0 radical (unpaired) electrons. The number of carbonyl (C=O) groups is 1. The van der Waals surface area contributed by atoms with Crippen molar-refractivity contribution in [1.82, 2.24) is 5.32 Å². The summed E-state index contributed by atoms with van der Waals surface area (Å²) < 4.78 is 0. The Balaban J connectivity index is 2.33. The predicted octanol–water partition coefficient (Wildman–Crippen LogP) is 5.60. The molecule has 1 amide bonds. The van der Waals surface area contributed by atoms with E-state index in [9.17, 15) is 4.79 Å². The van der Waals surface area contributed by atoms with Crippen molar-refractivity contribution >= 4 is 5.91 Å². The molecule has 0 aromatic carbocycles. The van der Waals surface area contributed by atoms with Gasteiger partial charge in [0.2, 0.25) is 5.91 Å². The Morgan fingerprint density at radius 3 is 1.86 bits per heavy atom. The number of hydrogen-bond acceptors (Lipinski definition) is 1. The summed E-state index contributed by atoms with van der Waals surface area (Å²) in [6, 6.07) is 0. The Morgan fingerprint density at radius 1 is 0.905 bits per heavy atom. The zero-order valence-corrected chi connectivity index (χ0v) is 14.7. The van der Waals surface area contributed by atoms with Crippen LogP contribution in [0.4, 0.5) is 0 Å². The second kappa shape index (κ2) is 10.2. The summed E-state index contributed by atoms with van der Waals surface area (Å²) in [6.45, 7) is 6.79. The van der Waals surface area contributed by atoms with E-state index in [1.54, 1.807) is 0 Å². The SMILES string of the molecule is CCCCCCCC(C)(CCCCCC)NC(=O)C1CC1. The van der Waals surface area contributed by atoms with E-state index < -0.39 is 0 Å². The molecular weight excluding hydrogens is 258 g/mol. The summed E-state index contributed by atoms with van der Waals surface area (Å²) in [5.41, 5.74) is 0.0413. The quantitative estimate of drug-likeness (QED) is 0.440. The van der Waals surface area contributed by atoms with Crippen molar-refractivity contribution < 1.29 is 4.79 Å². The molecule has 1 N–H and O–H groups in total. The fourth-order valence-electron chi connectivity index (χ4n) is 3.06. The predicted molar refractivity (Wildman–Crippen MR) is 91.4 cm³/mol. The Kier molecular flexibility index (Phi) is 9.03. The minimum absolute atomic E-state index is 0.0413. The van der Waals surface area contributed by atoms with E-state index in [0.717, 1.165) is 25.7 Å². The molecule has 1 aliphatic rings. The van der Waals surface area contributed by atoms with Crippen LogP contribution in [0.25, 0.3) is 0 Å². The van der Waals surface area contributed by atoms with E-state index in [-0.39, 0.29) is 5.54 Å². The van der Waals surface area contributed by atoms with Crippen LogP contribution in [0.2, 0.25) is 0 Å². The summed E-state index contributed by atoms with van der Waals surface area (Å²) in [7, 11) is 0. The Bertz CT molecular complexity index is 285. The molecule has 1 unspecified atom stereocenters. The highest BCUT2D eigenvalue weighted by Gasteiger charge is 2.34. The molecule has 0 spiro atoms. The molecule has 2 nitrogen and oxygen atoms in total. The largest absolute Gasteiger partial charge is 0.351 e. The lowest BCUT2D eigenvalue weighted by Gasteiger charge is -2.31. The first-order chi connectivity index (χ1) is 10.1. The van der Waals surface area contributed by atoms with Gasteiger partial charge < -0.3 is 5.32 Å². The van der Waals surface area contributed by atoms with Gasteiger partial charge in [0.1, 0.15) is 0 Å². The fourth-order valence-corrected chi connectivity index (χ4v) is 3.06. The lowest BCUT2D eigenvalue weighted by Crippen LogP contribution is -2.46. The number of nitrogens with one attached hydrogen (secondary N) is 1. The third-order valence-corrected chi connectivity index (χ3v) is 4.79. The van der Waals surface area contributed by atoms with Crippen molar-refractivity contribution in [3.05, 3.63) is 0 Å². The molecular formula is C19H37NO. The van der Waals surface area contributed by atoms with Crippen molar-refractivity contribution in [2.75, 3.05) is 0 Å². The van der Waals surface area contributed by atoms with Crippen LogP contribution in [-0.4, -0.2) is 11.4 Å². The van der Waals surface area contributed by atoms with Gasteiger partial charge in [0.15, 0.2) is 0 Å². The molecule has 124 valence electrons. The van der Waals surface area contributed by atoms with Crippen LogP contribution in [0.1, 0.15) is 104 Å². The molecule has 0 aliphatic heterocycles. The van der Waals surface area contributed by atoms with Gasteiger partial charge in [-0.3, -0.25) is 4.79 Å². The summed E-state index contributed by atoms with van der Waals surface area (Å²) in [4.78, 5) is 12.1. The van der Waals surface area contributed by atoms with Gasteiger partial charge in [-0.1, -0.05) is 71.6 Å². The third kappa shape index (κ3) is 8.48. The minimum atomic E-state index is 0.0413. The standard InChI is InChI=1S/C19H37NO/c1-4-6-8-10-12-16-19(3,15-11-9-7-5-2)20-18(21)17-13-14-17/h17H,4-16H2,1-3H3,(H,20,21). The van der Waals surface area contributed by atoms with Crippen LogP contribution in [0.5, 0.6) is 0 Å². The van der Waals surface area contributed by atoms with Gasteiger partial charge in [-0.05, 0) is 32.6 Å². The van der Waals surface area contributed by atoms with Gasteiger partial charge in [0.25, 0.3) is 0 Å². The highest BCUT2D eigenvalue weighted by molar-refractivity contribution is 5.81. The molecule has 1 aliphatic carbocycles. The van der Waals surface area contributed by atoms with E-state index in [1.165, 1.54) is 57.8 Å². The molecule has 21 heavy (non-hydrogen) atoms. The smallest absolute Gasteiger partial charge is 0.223 e. The molecule has 0 heterocycles. The van der Waals surface area contributed by atoms with Crippen molar-refractivity contribution in [3.63, 3.8) is 0 Å². The highest BCUT2D eigenvalue weighted by Crippen LogP contribution is 2.31. The topological polar surface area (TPSA) is 29.1 Å². The van der Waals surface area contributed by atoms with Gasteiger partial charge >= 0.3 is 0 Å². The molecule has 1 rings (SSSR count). The number of amides is 1. The summed E-state index contributed by atoms with van der Waals surface area (Å²) >= 11 is 0. The van der Waals surface area contributed by atoms with E-state index in [4.69, 9.17) is 0 Å². The molecule has 1 fully saturated rings. The van der Waals surface area contributed by atoms with Crippen LogP contribution in [0, 0.1) is 5.92 Å². The van der Waals surface area contributed by atoms with Crippen molar-refractivity contribution in [1.29, 1.82) is 0 Å². The highest BCUT2D eigenvalue weighted by atomic mass is 16.2. The van der Waals surface area contributed by atoms with Crippen LogP contribution in [0.3, 0.4) is 0 Å². The monoisotopic (exact) mass is 295 g/mol. The second-order valence-corrected chi connectivity index (χ2v) is 7.30. The van der Waals surface area contributed by atoms with Gasteiger partial charge in [0, 0.05) is 11.5 Å². The fraction of sp³-hybridized carbons (Fsp3) is 0.947. The molecule has 1 saturated carbocycles. The number of rotatable bonds is 13. The Morgan fingerprint density at radius 2 is 1.38 bits per heavy atom. The van der Waals surface area contributed by atoms with Gasteiger partial charge in [-0.25, -0.2) is 0 Å². The summed E-state index contributed by atoms with van der Waals surface area (Å²) in [5, 5.41) is 3.38. The first-order valence-electron chi connectivity index (χ1n) is 9.43. The lowest BCUT2D eigenvalue weighted by atomic mass is 9.87. The number of unbranched alkanes of at least 4 members (excludes halogenated alkanes) is 7. The van der Waals surface area contributed by atoms with Crippen LogP contribution in [-0.2, 0) is 4.79 Å². The molecule has 1 atom stereocenters. The van der Waals surface area contributed by atoms with E-state index in [2.05, 4.69) is 26.1 Å². The average Bonchev–Trinajstić information content (AvgIpc) is 3.28. The van der Waals surface area contributed by atoms with Crippen LogP contribution < -0.4 is 5.32 Å². The van der Waals surface area contributed by atoms with Crippen molar-refractivity contribution in [2.45, 2.75) is 110 Å². The molecule has 2 heteroatoms. The summed E-state index contributed by atoms with van der Waals surface area (Å²) in [6.07, 6.45) is 16.3. The zero-order chi connectivity index (χ0) is 15.6. The van der Waals surface area contributed by atoms with Crippen LogP contribution >= 0.6 is 0 Å². The van der Waals surface area contributed by atoms with Crippen molar-refractivity contribution in [2.24, 2.45) is 5.92 Å². The second-order valence-electron chi connectivity index (χ2n) is 7.30. The maximum atomic E-state index is 12.1. The lowest BCUT2D eigenvalue weighted by molar-refractivity contribution is -0.124. The summed E-state index contributed by atoms with van der Waals surface area (Å²) in [5.74, 6) is 0.654. The number of carbonyl (C=O) groups excluding carboxylic acids is 1. The van der Waals surface area contributed by atoms with Gasteiger partial charge in [-0.15, -0.1) is 0 Å². The molecule has 0 aromatic heterocycles. The molecule has 0 bridgehead atoms. The van der Waals surface area contributed by atoms with E-state index >= 15 is 0 Å². The number of hydrogen-bond donors (Lipinski definition) is 1. The first kappa shape index (κ1) is 18.5. The molecule has 0 aromatic rings. The normalized spacial score (nSPS) is 17.5. The Hall–Kier alpha value is -0.530. The maximum absolute atomic E-state index is 12.1. The van der Waals surface area contributed by atoms with E-state index in [1.807, 2.05) is 0 Å². The third-order valence-electron chi connectivity index (χ3n) is 4.79. The van der Waals surface area contributed by atoms with Gasteiger partial charge in [-0.2, -0.15) is 0 Å². The Labute approximate surface area is 132 Å². The average molecular weight is 296 g/mol. The zero-order valence-electron chi connectivity index (χ0n) is 14.7. The van der Waals surface area contributed by atoms with Gasteiger partial charge in [0.05, 0.1) is 0 Å². The van der Waals surface area contributed by atoms with Crippen LogP contribution in [0.15, 0.2) is 0 Å². The van der Waals surface area contributed by atoms with Crippen molar-refractivity contribution in [3.8, 4) is 0 Å². The van der Waals surface area contributed by atoms with E-state index in [0.29, 0.717) is 11.8 Å². The molecule has 0 saturated heterocycles.